The summed E-state index contributed by atoms with van der Waals surface area (Å²) in [4.78, 5) is 16.5. The van der Waals surface area contributed by atoms with Crippen LogP contribution in [-0.4, -0.2) is 16.2 Å². The highest BCUT2D eigenvalue weighted by Gasteiger charge is 2.29. The molecule has 0 aliphatic heterocycles. The van der Waals surface area contributed by atoms with Crippen LogP contribution in [0.5, 0.6) is 0 Å². The molecule has 0 spiro atoms. The fourth-order valence-electron chi connectivity index (χ4n) is 2.41. The summed E-state index contributed by atoms with van der Waals surface area (Å²) in [6, 6.07) is 3.04. The van der Waals surface area contributed by atoms with Crippen molar-refractivity contribution in [3.8, 4) is 0 Å². The van der Waals surface area contributed by atoms with Gasteiger partial charge in [-0.1, -0.05) is 22.8 Å². The zero-order chi connectivity index (χ0) is 16.6. The lowest BCUT2D eigenvalue weighted by molar-refractivity contribution is 0.245. The van der Waals surface area contributed by atoms with Crippen molar-refractivity contribution in [2.75, 3.05) is 5.32 Å². The fourth-order valence-corrected chi connectivity index (χ4v) is 2.78. The quantitative estimate of drug-likeness (QED) is 0.882. The van der Waals surface area contributed by atoms with E-state index in [0.717, 1.165) is 29.8 Å². The third-order valence-electron chi connectivity index (χ3n) is 3.79. The molecule has 1 saturated carbocycles. The molecule has 6 nitrogen and oxygen atoms in total. The molecule has 2 amide bonds. The molecule has 1 aliphatic carbocycles. The van der Waals surface area contributed by atoms with E-state index >= 15 is 0 Å². The molecule has 1 fully saturated rings. The second kappa shape index (κ2) is 6.20. The van der Waals surface area contributed by atoms with E-state index in [1.807, 2.05) is 26.0 Å². The second-order valence-corrected chi connectivity index (χ2v) is 6.43. The Kier molecular flexibility index (Phi) is 4.26. The van der Waals surface area contributed by atoms with Gasteiger partial charge in [0.2, 0.25) is 5.89 Å². The highest BCUT2D eigenvalue weighted by Crippen LogP contribution is 2.38. The van der Waals surface area contributed by atoms with Crippen LogP contribution in [0, 0.1) is 13.8 Å². The van der Waals surface area contributed by atoms with Gasteiger partial charge in [0.1, 0.15) is 6.04 Å². The van der Waals surface area contributed by atoms with Gasteiger partial charge in [-0.25, -0.2) is 4.79 Å². The number of halogens is 1. The fraction of sp³-hybridized carbons (Fsp3) is 0.438. The summed E-state index contributed by atoms with van der Waals surface area (Å²) >= 11 is 6.19. The van der Waals surface area contributed by atoms with Gasteiger partial charge in [-0.2, -0.15) is 4.98 Å². The van der Waals surface area contributed by atoms with Crippen LogP contribution >= 0.6 is 11.6 Å². The van der Waals surface area contributed by atoms with Crippen LogP contribution in [0.25, 0.3) is 0 Å². The minimum atomic E-state index is -0.375. The molecular formula is C16H19ClN4O2. The maximum Gasteiger partial charge on any atom is 0.319 e. The van der Waals surface area contributed by atoms with Gasteiger partial charge in [-0.15, -0.1) is 0 Å². The third-order valence-corrected chi connectivity index (χ3v) is 4.09. The number of hydrogen-bond donors (Lipinski definition) is 2. The number of aromatic nitrogens is 2. The van der Waals surface area contributed by atoms with E-state index in [9.17, 15) is 4.79 Å². The summed E-state index contributed by atoms with van der Waals surface area (Å²) in [5.41, 5.74) is 2.56. The lowest BCUT2D eigenvalue weighted by Gasteiger charge is -2.14. The summed E-state index contributed by atoms with van der Waals surface area (Å²) in [5.74, 6) is 1.56. The highest BCUT2D eigenvalue weighted by atomic mass is 35.5. The van der Waals surface area contributed by atoms with Crippen molar-refractivity contribution in [2.24, 2.45) is 0 Å². The van der Waals surface area contributed by atoms with Gasteiger partial charge in [0.25, 0.3) is 0 Å². The third kappa shape index (κ3) is 3.64. The van der Waals surface area contributed by atoms with E-state index in [0.29, 0.717) is 22.5 Å². The number of carbonyl (C=O) groups is 1. The van der Waals surface area contributed by atoms with Crippen molar-refractivity contribution in [1.29, 1.82) is 0 Å². The van der Waals surface area contributed by atoms with Gasteiger partial charge in [0.05, 0.1) is 10.7 Å². The largest absolute Gasteiger partial charge is 0.337 e. The van der Waals surface area contributed by atoms with Crippen LogP contribution in [-0.2, 0) is 0 Å². The maximum absolute atomic E-state index is 12.2. The topological polar surface area (TPSA) is 80.0 Å². The van der Waals surface area contributed by atoms with Crippen molar-refractivity contribution >= 4 is 23.3 Å². The van der Waals surface area contributed by atoms with Crippen LogP contribution in [0.3, 0.4) is 0 Å². The molecule has 2 aromatic rings. The summed E-state index contributed by atoms with van der Waals surface area (Å²) < 4.78 is 5.21. The summed E-state index contributed by atoms with van der Waals surface area (Å²) in [7, 11) is 0. The summed E-state index contributed by atoms with van der Waals surface area (Å²) in [5, 5.41) is 10.0. The van der Waals surface area contributed by atoms with E-state index < -0.39 is 0 Å². The number of hydrogen-bond acceptors (Lipinski definition) is 4. The first-order chi connectivity index (χ1) is 10.9. The number of nitrogens with zero attached hydrogens (tertiary/aromatic N) is 2. The molecule has 0 bridgehead atoms. The monoisotopic (exact) mass is 334 g/mol. The van der Waals surface area contributed by atoms with E-state index in [-0.39, 0.29) is 12.1 Å². The van der Waals surface area contributed by atoms with Gasteiger partial charge in [0.15, 0.2) is 5.82 Å². The maximum atomic E-state index is 12.2. The SMILES string of the molecule is Cc1cc(C)c(NC(=O)N[C@H](C)c2nc(C3CC3)no2)c(Cl)c1. The number of amides is 2. The highest BCUT2D eigenvalue weighted by molar-refractivity contribution is 6.34. The number of rotatable bonds is 4. The zero-order valence-corrected chi connectivity index (χ0v) is 14.1. The Morgan fingerprint density at radius 3 is 2.78 bits per heavy atom. The van der Waals surface area contributed by atoms with Gasteiger partial charge < -0.3 is 15.2 Å². The Hall–Kier alpha value is -2.08. The number of carbonyl (C=O) groups excluding carboxylic acids is 1. The van der Waals surface area contributed by atoms with E-state index in [1.165, 1.54) is 0 Å². The number of aryl methyl sites for hydroxylation is 2. The van der Waals surface area contributed by atoms with Gasteiger partial charge in [-0.3, -0.25) is 0 Å². The van der Waals surface area contributed by atoms with Crippen LogP contribution in [0.4, 0.5) is 10.5 Å². The van der Waals surface area contributed by atoms with E-state index in [4.69, 9.17) is 16.1 Å². The summed E-state index contributed by atoms with van der Waals surface area (Å²) in [6.45, 7) is 5.66. The number of benzene rings is 1. The minimum absolute atomic E-state index is 0.363. The molecule has 3 rings (SSSR count). The van der Waals surface area contributed by atoms with E-state index in [2.05, 4.69) is 20.8 Å². The normalized spacial score (nSPS) is 15.3. The first kappa shape index (κ1) is 15.8. The molecule has 1 aromatic heterocycles. The lowest BCUT2D eigenvalue weighted by atomic mass is 10.1. The lowest BCUT2D eigenvalue weighted by Crippen LogP contribution is -2.31. The Morgan fingerprint density at radius 2 is 2.13 bits per heavy atom. The van der Waals surface area contributed by atoms with Gasteiger partial charge >= 0.3 is 6.03 Å². The molecule has 2 N–H and O–H groups in total. The smallest absolute Gasteiger partial charge is 0.319 e. The molecule has 7 heteroatoms. The second-order valence-electron chi connectivity index (χ2n) is 6.02. The molecule has 23 heavy (non-hydrogen) atoms. The van der Waals surface area contributed by atoms with Crippen LogP contribution in [0.1, 0.15) is 54.6 Å². The Balaban J connectivity index is 1.64. The Morgan fingerprint density at radius 1 is 1.39 bits per heavy atom. The molecule has 122 valence electrons. The van der Waals surface area contributed by atoms with Crippen molar-refractivity contribution in [3.63, 3.8) is 0 Å². The van der Waals surface area contributed by atoms with E-state index in [1.54, 1.807) is 6.92 Å². The zero-order valence-electron chi connectivity index (χ0n) is 13.3. The van der Waals surface area contributed by atoms with Crippen molar-refractivity contribution < 1.29 is 9.32 Å². The van der Waals surface area contributed by atoms with Crippen LogP contribution in [0.2, 0.25) is 5.02 Å². The Labute approximate surface area is 139 Å². The first-order valence-electron chi connectivity index (χ1n) is 7.62. The molecule has 1 aliphatic rings. The van der Waals surface area contributed by atoms with Gasteiger partial charge in [0, 0.05) is 5.92 Å². The standard InChI is InChI=1S/C16H19ClN4O2/c1-8-6-9(2)13(12(17)7-8)19-16(22)18-10(3)15-20-14(21-23-15)11-4-5-11/h6-7,10-11H,4-5H2,1-3H3,(H2,18,19,22)/t10-/m1/s1. The van der Waals surface area contributed by atoms with Crippen molar-refractivity contribution in [2.45, 2.75) is 45.6 Å². The minimum Gasteiger partial charge on any atom is -0.337 e. The predicted molar refractivity (Wildman–Crippen MR) is 87.8 cm³/mol. The van der Waals surface area contributed by atoms with Crippen molar-refractivity contribution in [3.05, 3.63) is 40.0 Å². The first-order valence-corrected chi connectivity index (χ1v) is 7.99. The van der Waals surface area contributed by atoms with Crippen LogP contribution < -0.4 is 10.6 Å². The molecule has 1 atom stereocenters. The Bertz CT molecular complexity index is 716. The summed E-state index contributed by atoms with van der Waals surface area (Å²) in [6.07, 6.45) is 2.21. The molecule has 0 radical (unpaired) electrons. The van der Waals surface area contributed by atoms with Crippen LogP contribution in [0.15, 0.2) is 16.7 Å². The average molecular weight is 335 g/mol. The number of nitrogens with one attached hydrogen (secondary N) is 2. The van der Waals surface area contributed by atoms with Crippen molar-refractivity contribution in [1.82, 2.24) is 15.5 Å². The molecule has 1 heterocycles. The molecule has 0 unspecified atom stereocenters. The molecule has 1 aromatic carbocycles. The molecular weight excluding hydrogens is 316 g/mol. The predicted octanol–water partition coefficient (Wildman–Crippen LogP) is 4.10. The number of urea groups is 1. The number of anilines is 1. The van der Waals surface area contributed by atoms with Gasteiger partial charge in [-0.05, 0) is 50.8 Å². The average Bonchev–Trinajstić information content (AvgIpc) is 3.20. The molecule has 0 saturated heterocycles.